The molecule has 4 N–H and O–H groups in total. The minimum Gasteiger partial charge on any atom is -0.506 e. The summed E-state index contributed by atoms with van der Waals surface area (Å²) in [6, 6.07) is 13.1. The number of benzene rings is 3. The van der Waals surface area contributed by atoms with Gasteiger partial charge in [-0.3, -0.25) is 9.59 Å². The van der Waals surface area contributed by atoms with Crippen LogP contribution < -0.4 is 0 Å². The Balaban J connectivity index is 2.02. The number of aromatic hydroxyl groups is 2. The van der Waals surface area contributed by atoms with E-state index in [0.29, 0.717) is 40.1 Å². The first kappa shape index (κ1) is 28.7. The van der Waals surface area contributed by atoms with Gasteiger partial charge in [-0.25, -0.2) is 0 Å². The van der Waals surface area contributed by atoms with E-state index in [2.05, 4.69) is 63.7 Å². The molecule has 3 rings (SSSR count). The number of phenolic OH excluding ortho intramolecular Hbond substituents is 2. The molecule has 0 aliphatic rings. The molecule has 6 nitrogen and oxygen atoms in total. The van der Waals surface area contributed by atoms with Gasteiger partial charge in [0.2, 0.25) is 0 Å². The third kappa shape index (κ3) is 5.66. The van der Waals surface area contributed by atoms with Crippen molar-refractivity contribution in [2.24, 2.45) is 0 Å². The van der Waals surface area contributed by atoms with Crippen molar-refractivity contribution in [1.82, 2.24) is 0 Å². The summed E-state index contributed by atoms with van der Waals surface area (Å²) in [6.07, 6.45) is 0.00336. The van der Waals surface area contributed by atoms with Crippen LogP contribution in [0.4, 0.5) is 0 Å². The molecule has 10 heteroatoms. The average molecular weight is 750 g/mol. The molecule has 36 heavy (non-hydrogen) atoms. The predicted molar refractivity (Wildman–Crippen MR) is 151 cm³/mol. The summed E-state index contributed by atoms with van der Waals surface area (Å²) in [5, 5.41) is 41.2. The lowest BCUT2D eigenvalue weighted by Crippen LogP contribution is -2.36. The van der Waals surface area contributed by atoms with Crippen molar-refractivity contribution < 1.29 is 30.0 Å². The minimum absolute atomic E-state index is 0.00168. The Labute approximate surface area is 241 Å². The number of aliphatic carboxylic acids is 2. The van der Waals surface area contributed by atoms with Gasteiger partial charge >= 0.3 is 11.9 Å². The summed E-state index contributed by atoms with van der Waals surface area (Å²) in [5.74, 6) is -2.26. The molecule has 3 aromatic rings. The molecule has 0 bridgehead atoms. The van der Waals surface area contributed by atoms with E-state index in [4.69, 9.17) is 0 Å². The van der Waals surface area contributed by atoms with E-state index >= 15 is 0 Å². The summed E-state index contributed by atoms with van der Waals surface area (Å²) in [6.45, 7) is 3.12. The van der Waals surface area contributed by atoms with E-state index < -0.39 is 22.8 Å². The molecule has 0 radical (unpaired) electrons. The third-order valence-electron chi connectivity index (χ3n) is 6.41. The summed E-state index contributed by atoms with van der Waals surface area (Å²) >= 11 is 13.3. The van der Waals surface area contributed by atoms with Crippen LogP contribution in [0.1, 0.15) is 36.1 Å². The Morgan fingerprint density at radius 1 is 0.667 bits per heavy atom. The first-order valence-corrected chi connectivity index (χ1v) is 13.8. The third-order valence-corrected chi connectivity index (χ3v) is 8.53. The Morgan fingerprint density at radius 2 is 0.972 bits per heavy atom. The quantitative estimate of drug-likeness (QED) is 0.192. The van der Waals surface area contributed by atoms with Crippen molar-refractivity contribution in [3.8, 4) is 11.5 Å². The average Bonchev–Trinajstić information content (AvgIpc) is 2.80. The Hall–Kier alpha value is -1.88. The van der Waals surface area contributed by atoms with E-state index in [1.54, 1.807) is 62.4 Å². The molecule has 0 amide bonds. The molecular formula is C26H22Br4O6. The molecule has 2 atom stereocenters. The fraction of sp³-hybridized carbons (Fsp3) is 0.231. The fourth-order valence-corrected chi connectivity index (χ4v) is 6.71. The lowest BCUT2D eigenvalue weighted by molar-refractivity contribution is -0.144. The lowest BCUT2D eigenvalue weighted by Gasteiger charge is -2.29. The SMILES string of the molecule is CC(Cc1cc(Br)cc(Br)c1O)(C(=O)O)c1ccc(C(C)(Cc2cc(Br)cc(Br)c2O)C(=O)O)cc1. The van der Waals surface area contributed by atoms with Crippen LogP contribution >= 0.6 is 63.7 Å². The monoisotopic (exact) mass is 746 g/mol. The summed E-state index contributed by atoms with van der Waals surface area (Å²) in [4.78, 5) is 24.8. The van der Waals surface area contributed by atoms with Gasteiger partial charge in [0.25, 0.3) is 0 Å². The zero-order valence-corrected chi connectivity index (χ0v) is 25.5. The van der Waals surface area contributed by atoms with Gasteiger partial charge in [-0.1, -0.05) is 56.1 Å². The highest BCUT2D eigenvalue weighted by Crippen LogP contribution is 2.40. The maximum absolute atomic E-state index is 12.4. The van der Waals surface area contributed by atoms with Gasteiger partial charge in [0, 0.05) is 8.95 Å². The van der Waals surface area contributed by atoms with Crippen LogP contribution in [0.25, 0.3) is 0 Å². The van der Waals surface area contributed by atoms with E-state index in [1.165, 1.54) is 0 Å². The van der Waals surface area contributed by atoms with Crippen LogP contribution in [0.15, 0.2) is 66.4 Å². The van der Waals surface area contributed by atoms with Crippen LogP contribution in [-0.2, 0) is 33.3 Å². The van der Waals surface area contributed by atoms with Crippen molar-refractivity contribution in [2.75, 3.05) is 0 Å². The van der Waals surface area contributed by atoms with Crippen LogP contribution in [0.3, 0.4) is 0 Å². The van der Waals surface area contributed by atoms with Crippen LogP contribution in [0.5, 0.6) is 11.5 Å². The highest BCUT2D eigenvalue weighted by Gasteiger charge is 2.39. The van der Waals surface area contributed by atoms with Crippen molar-refractivity contribution in [2.45, 2.75) is 37.5 Å². The van der Waals surface area contributed by atoms with Crippen molar-refractivity contribution in [3.05, 3.63) is 88.7 Å². The van der Waals surface area contributed by atoms with Gasteiger partial charge in [-0.2, -0.15) is 0 Å². The van der Waals surface area contributed by atoms with E-state index in [9.17, 15) is 30.0 Å². The number of carboxylic acids is 2. The first-order valence-electron chi connectivity index (χ1n) is 10.6. The zero-order chi connectivity index (χ0) is 27.0. The van der Waals surface area contributed by atoms with Crippen LogP contribution in [0, 0.1) is 0 Å². The van der Waals surface area contributed by atoms with E-state index in [0.717, 1.165) is 0 Å². The predicted octanol–water partition coefficient (Wildman–Crippen LogP) is 7.32. The summed E-state index contributed by atoms with van der Waals surface area (Å²) in [5.41, 5.74) is -1.01. The Kier molecular flexibility index (Phi) is 8.65. The topological polar surface area (TPSA) is 115 Å². The van der Waals surface area contributed by atoms with Crippen molar-refractivity contribution in [3.63, 3.8) is 0 Å². The normalized spacial score (nSPS) is 14.6. The molecule has 0 aliphatic carbocycles. The van der Waals surface area contributed by atoms with Crippen LogP contribution in [0.2, 0.25) is 0 Å². The molecule has 0 saturated carbocycles. The standard InChI is InChI=1S/C26H22Br4O6/c1-25(23(33)34,11-13-7-17(27)9-19(29)21(13)31)15-3-5-16(6-4-15)26(2,24(35)36)12-14-8-18(28)10-20(30)22(14)32/h3-10,31-32H,11-12H2,1-2H3,(H,33,34)(H,35,36). The molecule has 0 aliphatic heterocycles. The first-order chi connectivity index (χ1) is 16.7. The van der Waals surface area contributed by atoms with Gasteiger partial charge in [0.15, 0.2) is 0 Å². The molecule has 0 fully saturated rings. The van der Waals surface area contributed by atoms with Gasteiger partial charge in [0.1, 0.15) is 11.5 Å². The number of halogens is 4. The molecule has 2 unspecified atom stereocenters. The number of carboxylic acid groups (broad SMARTS) is 2. The van der Waals surface area contributed by atoms with Gasteiger partial charge in [-0.05, 0) is 105 Å². The van der Waals surface area contributed by atoms with Crippen molar-refractivity contribution in [1.29, 1.82) is 0 Å². The molecule has 0 spiro atoms. The second-order valence-corrected chi connectivity index (χ2v) is 12.5. The second kappa shape index (κ2) is 10.8. The smallest absolute Gasteiger partial charge is 0.314 e. The minimum atomic E-state index is -1.40. The number of hydrogen-bond acceptors (Lipinski definition) is 4. The maximum Gasteiger partial charge on any atom is 0.314 e. The summed E-state index contributed by atoms with van der Waals surface area (Å²) in [7, 11) is 0. The molecule has 0 heterocycles. The number of carbonyl (C=O) groups is 2. The van der Waals surface area contributed by atoms with Gasteiger partial charge < -0.3 is 20.4 Å². The second-order valence-electron chi connectivity index (χ2n) is 9.00. The highest BCUT2D eigenvalue weighted by molar-refractivity contribution is 9.11. The lowest BCUT2D eigenvalue weighted by atomic mass is 9.73. The van der Waals surface area contributed by atoms with E-state index in [1.807, 2.05) is 0 Å². The van der Waals surface area contributed by atoms with Crippen LogP contribution in [-0.4, -0.2) is 32.4 Å². The molecule has 0 aromatic heterocycles. The largest absolute Gasteiger partial charge is 0.506 e. The highest BCUT2D eigenvalue weighted by atomic mass is 79.9. The molecule has 3 aromatic carbocycles. The van der Waals surface area contributed by atoms with E-state index in [-0.39, 0.29) is 24.3 Å². The number of rotatable bonds is 8. The van der Waals surface area contributed by atoms with Gasteiger partial charge in [0.05, 0.1) is 19.8 Å². The Morgan fingerprint density at radius 3 is 1.25 bits per heavy atom. The molecular weight excluding hydrogens is 728 g/mol. The molecule has 190 valence electrons. The fourth-order valence-electron chi connectivity index (χ4n) is 4.08. The summed E-state index contributed by atoms with van der Waals surface area (Å²) < 4.78 is 2.25. The molecule has 0 saturated heterocycles. The Bertz CT molecular complexity index is 1240. The number of hydrogen-bond donors (Lipinski definition) is 4. The van der Waals surface area contributed by atoms with Crippen molar-refractivity contribution >= 4 is 75.7 Å². The maximum atomic E-state index is 12.4. The number of phenols is 2. The van der Waals surface area contributed by atoms with Gasteiger partial charge in [-0.15, -0.1) is 0 Å². The zero-order valence-electron chi connectivity index (χ0n) is 19.2.